The molecule has 2 unspecified atom stereocenters. The van der Waals surface area contributed by atoms with Gasteiger partial charge in [0.1, 0.15) is 0 Å². The van der Waals surface area contributed by atoms with Crippen LogP contribution in [0.3, 0.4) is 0 Å². The van der Waals surface area contributed by atoms with Crippen LogP contribution in [0.1, 0.15) is 32.6 Å². The lowest BCUT2D eigenvalue weighted by molar-refractivity contribution is -0.137. The Labute approximate surface area is 107 Å². The number of carboxylic acids is 1. The second kappa shape index (κ2) is 7.20. The van der Waals surface area contributed by atoms with Crippen molar-refractivity contribution in [3.05, 3.63) is 0 Å². The molecule has 6 heteroatoms. The normalized spacial score (nSPS) is 21.4. The zero-order valence-corrected chi connectivity index (χ0v) is 11.0. The zero-order chi connectivity index (χ0) is 13.5. The summed E-state index contributed by atoms with van der Waals surface area (Å²) in [4.78, 5) is 24.1. The first-order chi connectivity index (χ1) is 8.52. The van der Waals surface area contributed by atoms with Gasteiger partial charge in [-0.2, -0.15) is 0 Å². The van der Waals surface area contributed by atoms with Gasteiger partial charge in [-0.05, 0) is 26.2 Å². The number of rotatable bonds is 5. The van der Waals surface area contributed by atoms with Gasteiger partial charge < -0.3 is 20.1 Å². The second-order valence-corrected chi connectivity index (χ2v) is 4.73. The van der Waals surface area contributed by atoms with E-state index in [0.29, 0.717) is 13.0 Å². The van der Waals surface area contributed by atoms with Crippen LogP contribution >= 0.6 is 0 Å². The van der Waals surface area contributed by atoms with E-state index in [0.717, 1.165) is 19.4 Å². The summed E-state index contributed by atoms with van der Waals surface area (Å²) in [6.45, 7) is 3.16. The van der Waals surface area contributed by atoms with Crippen LogP contribution in [0.4, 0.5) is 4.79 Å². The lowest BCUT2D eigenvalue weighted by atomic mass is 10.1. The van der Waals surface area contributed by atoms with Crippen LogP contribution in [0.25, 0.3) is 0 Å². The smallest absolute Gasteiger partial charge is 0.317 e. The number of piperidine rings is 1. The van der Waals surface area contributed by atoms with Crippen molar-refractivity contribution < 1.29 is 19.4 Å². The number of urea groups is 1. The highest BCUT2D eigenvalue weighted by atomic mass is 16.5. The van der Waals surface area contributed by atoms with Crippen LogP contribution in [0.15, 0.2) is 0 Å². The number of likely N-dealkylation sites (tertiary alicyclic amines) is 1. The molecule has 1 rings (SSSR count). The number of hydrogen-bond acceptors (Lipinski definition) is 3. The van der Waals surface area contributed by atoms with E-state index in [2.05, 4.69) is 5.32 Å². The first-order valence-electron chi connectivity index (χ1n) is 6.33. The molecule has 6 nitrogen and oxygen atoms in total. The van der Waals surface area contributed by atoms with Gasteiger partial charge in [0.2, 0.25) is 0 Å². The predicted octanol–water partition coefficient (Wildman–Crippen LogP) is 1.06. The highest BCUT2D eigenvalue weighted by Crippen LogP contribution is 2.12. The molecule has 1 heterocycles. The molecule has 0 aromatic heterocycles. The number of carboxylic acid groups (broad SMARTS) is 1. The topological polar surface area (TPSA) is 78.9 Å². The molecule has 2 amide bonds. The molecule has 1 aliphatic rings. The van der Waals surface area contributed by atoms with Gasteiger partial charge in [-0.1, -0.05) is 0 Å². The number of carbonyl (C=O) groups excluding carboxylic acids is 1. The third-order valence-corrected chi connectivity index (χ3v) is 3.16. The average molecular weight is 258 g/mol. The van der Waals surface area contributed by atoms with Crippen molar-refractivity contribution in [2.45, 2.75) is 44.8 Å². The molecule has 1 fully saturated rings. The molecular weight excluding hydrogens is 236 g/mol. The van der Waals surface area contributed by atoms with Gasteiger partial charge in [0.25, 0.3) is 0 Å². The first kappa shape index (κ1) is 14.8. The number of hydrogen-bond donors (Lipinski definition) is 2. The Morgan fingerprint density at radius 2 is 2.28 bits per heavy atom. The summed E-state index contributed by atoms with van der Waals surface area (Å²) in [5.41, 5.74) is 0. The lowest BCUT2D eigenvalue weighted by Crippen LogP contribution is -2.49. The summed E-state index contributed by atoms with van der Waals surface area (Å²) >= 11 is 0. The third-order valence-electron chi connectivity index (χ3n) is 3.16. The molecule has 2 atom stereocenters. The van der Waals surface area contributed by atoms with Crippen LogP contribution in [-0.4, -0.2) is 54.4 Å². The third kappa shape index (κ3) is 4.91. The molecule has 0 radical (unpaired) electrons. The summed E-state index contributed by atoms with van der Waals surface area (Å²) in [6.07, 6.45) is 2.55. The van der Waals surface area contributed by atoms with Gasteiger partial charge in [0.15, 0.2) is 0 Å². The zero-order valence-electron chi connectivity index (χ0n) is 11.0. The Morgan fingerprint density at radius 3 is 2.89 bits per heavy atom. The van der Waals surface area contributed by atoms with E-state index < -0.39 is 5.97 Å². The highest BCUT2D eigenvalue weighted by Gasteiger charge is 2.24. The Bertz CT molecular complexity index is 296. The first-order valence-corrected chi connectivity index (χ1v) is 6.33. The Kier molecular flexibility index (Phi) is 5.91. The maximum atomic E-state index is 11.9. The molecule has 0 aromatic rings. The van der Waals surface area contributed by atoms with Crippen molar-refractivity contribution in [3.8, 4) is 0 Å². The molecule has 2 N–H and O–H groups in total. The number of nitrogens with one attached hydrogen (secondary N) is 1. The van der Waals surface area contributed by atoms with E-state index >= 15 is 0 Å². The molecule has 104 valence electrons. The van der Waals surface area contributed by atoms with Gasteiger partial charge in [0.05, 0.1) is 6.10 Å². The molecule has 0 saturated carbocycles. The van der Waals surface area contributed by atoms with E-state index in [1.807, 2.05) is 6.92 Å². The van der Waals surface area contributed by atoms with E-state index in [-0.39, 0.29) is 24.6 Å². The number of amides is 2. The quantitative estimate of drug-likeness (QED) is 0.773. The van der Waals surface area contributed by atoms with Crippen LogP contribution in [-0.2, 0) is 9.53 Å². The molecule has 0 bridgehead atoms. The van der Waals surface area contributed by atoms with Crippen molar-refractivity contribution >= 4 is 12.0 Å². The number of methoxy groups -OCH3 is 1. The molecule has 1 aliphatic heterocycles. The van der Waals surface area contributed by atoms with Crippen molar-refractivity contribution in [1.29, 1.82) is 0 Å². The molecule has 0 aliphatic carbocycles. The number of nitrogens with zero attached hydrogens (tertiary/aromatic N) is 1. The SMILES string of the molecule is COC1CCCN(C(=O)NC(C)CCC(=O)O)C1. The van der Waals surface area contributed by atoms with Gasteiger partial charge in [-0.3, -0.25) is 4.79 Å². The second-order valence-electron chi connectivity index (χ2n) is 4.73. The monoisotopic (exact) mass is 258 g/mol. The Hall–Kier alpha value is -1.30. The fraction of sp³-hybridized carbons (Fsp3) is 0.833. The minimum absolute atomic E-state index is 0.0716. The largest absolute Gasteiger partial charge is 0.481 e. The summed E-state index contributed by atoms with van der Waals surface area (Å²) in [5, 5.41) is 11.4. The maximum Gasteiger partial charge on any atom is 0.317 e. The Morgan fingerprint density at radius 1 is 1.56 bits per heavy atom. The van der Waals surface area contributed by atoms with E-state index in [4.69, 9.17) is 9.84 Å². The maximum absolute atomic E-state index is 11.9. The molecule has 0 aromatic carbocycles. The van der Waals surface area contributed by atoms with Crippen LogP contribution in [0, 0.1) is 0 Å². The molecular formula is C12H22N2O4. The Balaban J connectivity index is 2.32. The summed E-state index contributed by atoms with van der Waals surface area (Å²) in [5.74, 6) is -0.839. The van der Waals surface area contributed by atoms with Crippen molar-refractivity contribution in [2.24, 2.45) is 0 Å². The fourth-order valence-electron chi connectivity index (χ4n) is 2.03. The van der Waals surface area contributed by atoms with E-state index in [1.165, 1.54) is 0 Å². The molecule has 18 heavy (non-hydrogen) atoms. The van der Waals surface area contributed by atoms with Crippen molar-refractivity contribution in [2.75, 3.05) is 20.2 Å². The van der Waals surface area contributed by atoms with Gasteiger partial charge in [0, 0.05) is 32.7 Å². The average Bonchev–Trinajstić information content (AvgIpc) is 2.36. The van der Waals surface area contributed by atoms with Gasteiger partial charge >= 0.3 is 12.0 Å². The van der Waals surface area contributed by atoms with Crippen molar-refractivity contribution in [3.63, 3.8) is 0 Å². The van der Waals surface area contributed by atoms with Crippen LogP contribution in [0.2, 0.25) is 0 Å². The number of aliphatic carboxylic acids is 1. The van der Waals surface area contributed by atoms with Gasteiger partial charge in [-0.15, -0.1) is 0 Å². The van der Waals surface area contributed by atoms with Crippen LogP contribution < -0.4 is 5.32 Å². The van der Waals surface area contributed by atoms with E-state index in [9.17, 15) is 9.59 Å². The number of ether oxygens (including phenoxy) is 1. The summed E-state index contributed by atoms with van der Waals surface area (Å²) in [6, 6.07) is -0.258. The summed E-state index contributed by atoms with van der Waals surface area (Å²) < 4.78 is 5.26. The summed E-state index contributed by atoms with van der Waals surface area (Å²) in [7, 11) is 1.65. The lowest BCUT2D eigenvalue weighted by Gasteiger charge is -2.32. The fourth-order valence-corrected chi connectivity index (χ4v) is 2.03. The minimum atomic E-state index is -0.839. The predicted molar refractivity (Wildman–Crippen MR) is 66.5 cm³/mol. The molecule has 0 spiro atoms. The highest BCUT2D eigenvalue weighted by molar-refractivity contribution is 5.74. The number of carbonyl (C=O) groups is 2. The van der Waals surface area contributed by atoms with Crippen molar-refractivity contribution in [1.82, 2.24) is 10.2 Å². The molecule has 1 saturated heterocycles. The standard InChI is InChI=1S/C12H22N2O4/c1-9(5-6-11(15)16)13-12(17)14-7-3-4-10(8-14)18-2/h9-10H,3-8H2,1-2H3,(H,13,17)(H,15,16). The minimum Gasteiger partial charge on any atom is -0.481 e. The van der Waals surface area contributed by atoms with Gasteiger partial charge in [-0.25, -0.2) is 4.79 Å². The van der Waals surface area contributed by atoms with Crippen LogP contribution in [0.5, 0.6) is 0 Å². The van der Waals surface area contributed by atoms with E-state index in [1.54, 1.807) is 12.0 Å².